The predicted octanol–water partition coefficient (Wildman–Crippen LogP) is 0.654. The molecule has 3 N–H and O–H groups in total. The van der Waals surface area contributed by atoms with Crippen LogP contribution in [0.25, 0.3) is 0 Å². The minimum atomic E-state index is 0.415. The van der Waals surface area contributed by atoms with Gasteiger partial charge >= 0.3 is 0 Å². The van der Waals surface area contributed by atoms with Crippen LogP contribution in [0.15, 0.2) is 12.1 Å². The predicted molar refractivity (Wildman–Crippen MR) is 59.6 cm³/mol. The first-order valence-electron chi connectivity index (χ1n) is 4.97. The first-order valence-corrected chi connectivity index (χ1v) is 5.35. The maximum Gasteiger partial charge on any atom is 0.151 e. The fourth-order valence-electron chi connectivity index (χ4n) is 1.54. The van der Waals surface area contributed by atoms with Gasteiger partial charge in [0, 0.05) is 25.0 Å². The molecule has 0 aromatic carbocycles. The first kappa shape index (κ1) is 10.6. The van der Waals surface area contributed by atoms with Crippen molar-refractivity contribution in [3.63, 3.8) is 0 Å². The van der Waals surface area contributed by atoms with Crippen LogP contribution in [0, 0.1) is 5.92 Å². The van der Waals surface area contributed by atoms with Crippen molar-refractivity contribution in [2.45, 2.75) is 13.0 Å². The zero-order chi connectivity index (χ0) is 10.7. The number of nitrogens with zero attached hydrogens (tertiary/aromatic N) is 2. The number of halogens is 1. The largest absolute Gasteiger partial charge is 0.368 e. The Kier molecular flexibility index (Phi) is 3.35. The molecule has 0 amide bonds. The Morgan fingerprint density at radius 1 is 1.53 bits per heavy atom. The molecule has 2 unspecified atom stereocenters. The lowest BCUT2D eigenvalue weighted by Crippen LogP contribution is -2.30. The van der Waals surface area contributed by atoms with Gasteiger partial charge in [0.15, 0.2) is 5.15 Å². The molecule has 1 aliphatic rings. The lowest BCUT2D eigenvalue weighted by atomic mass is 10.0. The monoisotopic (exact) mass is 227 g/mol. The summed E-state index contributed by atoms with van der Waals surface area (Å²) in [6, 6.07) is 4.03. The minimum Gasteiger partial charge on any atom is -0.368 e. The lowest BCUT2D eigenvalue weighted by Gasteiger charge is -2.14. The van der Waals surface area contributed by atoms with E-state index in [0.717, 1.165) is 18.9 Å². The molecule has 0 aliphatic carbocycles. The van der Waals surface area contributed by atoms with Crippen LogP contribution in [0.2, 0.25) is 5.15 Å². The highest BCUT2D eigenvalue weighted by Gasteiger charge is 2.22. The van der Waals surface area contributed by atoms with E-state index in [4.69, 9.17) is 11.6 Å². The van der Waals surface area contributed by atoms with Crippen LogP contribution in [-0.4, -0.2) is 29.3 Å². The quantitative estimate of drug-likeness (QED) is 0.708. The fourth-order valence-corrected chi connectivity index (χ4v) is 1.64. The van der Waals surface area contributed by atoms with Gasteiger partial charge in [-0.2, -0.15) is 0 Å². The van der Waals surface area contributed by atoms with E-state index in [2.05, 4.69) is 33.3 Å². The van der Waals surface area contributed by atoms with Crippen LogP contribution in [0.3, 0.4) is 0 Å². The van der Waals surface area contributed by atoms with E-state index in [1.807, 2.05) is 6.07 Å². The second-order valence-electron chi connectivity index (χ2n) is 3.70. The van der Waals surface area contributed by atoms with Gasteiger partial charge in [-0.15, -0.1) is 10.2 Å². The van der Waals surface area contributed by atoms with E-state index >= 15 is 0 Å². The molecule has 82 valence electrons. The van der Waals surface area contributed by atoms with E-state index in [-0.39, 0.29) is 0 Å². The summed E-state index contributed by atoms with van der Waals surface area (Å²) in [4.78, 5) is 0. The number of hydrogen-bond donors (Lipinski definition) is 3. The fraction of sp³-hybridized carbons (Fsp3) is 0.556. The van der Waals surface area contributed by atoms with E-state index in [9.17, 15) is 0 Å². The molecular weight excluding hydrogens is 214 g/mol. The van der Waals surface area contributed by atoms with Crippen LogP contribution in [0.5, 0.6) is 0 Å². The third kappa shape index (κ3) is 2.77. The zero-order valence-corrected chi connectivity index (χ0v) is 9.25. The van der Waals surface area contributed by atoms with Crippen LogP contribution in [-0.2, 0) is 0 Å². The number of rotatable bonds is 3. The summed E-state index contributed by atoms with van der Waals surface area (Å²) >= 11 is 5.64. The van der Waals surface area contributed by atoms with Crippen LogP contribution in [0.4, 0.5) is 5.82 Å². The Labute approximate surface area is 93.6 Å². The van der Waals surface area contributed by atoms with Crippen molar-refractivity contribution < 1.29 is 0 Å². The highest BCUT2D eigenvalue weighted by atomic mass is 35.5. The summed E-state index contributed by atoms with van der Waals surface area (Å²) in [5.74, 6) is 1.32. The van der Waals surface area contributed by atoms with Gasteiger partial charge in [0.1, 0.15) is 5.82 Å². The molecule has 0 spiro atoms. The van der Waals surface area contributed by atoms with Crippen molar-refractivity contribution in [1.29, 1.82) is 0 Å². The van der Waals surface area contributed by atoms with Crippen LogP contribution in [0.1, 0.15) is 6.92 Å². The maximum atomic E-state index is 5.64. The Balaban J connectivity index is 1.85. The van der Waals surface area contributed by atoms with Gasteiger partial charge in [0.25, 0.3) is 0 Å². The van der Waals surface area contributed by atoms with Gasteiger partial charge in [-0.3, -0.25) is 10.9 Å². The SMILES string of the molecule is CC1NNCC1CNc1ccc(Cl)nn1. The molecule has 1 saturated heterocycles. The van der Waals surface area contributed by atoms with Crippen LogP contribution < -0.4 is 16.2 Å². The van der Waals surface area contributed by atoms with Gasteiger partial charge < -0.3 is 5.32 Å². The zero-order valence-electron chi connectivity index (χ0n) is 8.50. The third-order valence-corrected chi connectivity index (χ3v) is 2.78. The second-order valence-corrected chi connectivity index (χ2v) is 4.08. The molecule has 1 aromatic heterocycles. The van der Waals surface area contributed by atoms with Gasteiger partial charge in [0.05, 0.1) is 0 Å². The van der Waals surface area contributed by atoms with Crippen molar-refractivity contribution in [3.05, 3.63) is 17.3 Å². The lowest BCUT2D eigenvalue weighted by molar-refractivity contribution is 0.508. The molecule has 0 saturated carbocycles. The van der Waals surface area contributed by atoms with Crippen molar-refractivity contribution in [1.82, 2.24) is 21.0 Å². The molecule has 1 fully saturated rings. The smallest absolute Gasteiger partial charge is 0.151 e. The Morgan fingerprint density at radius 2 is 2.40 bits per heavy atom. The summed E-state index contributed by atoms with van der Waals surface area (Å²) in [6.45, 7) is 3.99. The standard InChI is InChI=1S/C9H14ClN5/c1-6-7(5-12-13-6)4-11-9-3-2-8(10)14-15-9/h2-3,6-7,12-13H,4-5H2,1H3,(H,11,15). The van der Waals surface area contributed by atoms with Crippen molar-refractivity contribution in [2.75, 3.05) is 18.4 Å². The number of aromatic nitrogens is 2. The summed E-state index contributed by atoms with van der Waals surface area (Å²) in [5.41, 5.74) is 6.29. The molecule has 5 nitrogen and oxygen atoms in total. The number of hydrogen-bond acceptors (Lipinski definition) is 5. The summed E-state index contributed by atoms with van der Waals surface area (Å²) in [6.07, 6.45) is 0. The van der Waals surface area contributed by atoms with Crippen LogP contribution >= 0.6 is 11.6 Å². The van der Waals surface area contributed by atoms with Crippen molar-refractivity contribution in [3.8, 4) is 0 Å². The van der Waals surface area contributed by atoms with E-state index in [1.165, 1.54) is 0 Å². The Hall–Kier alpha value is -0.910. The van der Waals surface area contributed by atoms with Gasteiger partial charge in [-0.25, -0.2) is 0 Å². The minimum absolute atomic E-state index is 0.415. The molecule has 1 aromatic rings. The summed E-state index contributed by atoms with van der Waals surface area (Å²) in [5, 5.41) is 11.3. The first-order chi connectivity index (χ1) is 7.25. The molecule has 0 bridgehead atoms. The maximum absolute atomic E-state index is 5.64. The average Bonchev–Trinajstić information content (AvgIpc) is 2.63. The van der Waals surface area contributed by atoms with E-state index < -0.39 is 0 Å². The molecule has 6 heteroatoms. The molecule has 0 radical (unpaired) electrons. The highest BCUT2D eigenvalue weighted by Crippen LogP contribution is 2.10. The van der Waals surface area contributed by atoms with Gasteiger partial charge in [-0.05, 0) is 19.1 Å². The third-order valence-electron chi connectivity index (χ3n) is 2.58. The Bertz CT molecular complexity index is 315. The molecule has 2 heterocycles. The highest BCUT2D eigenvalue weighted by molar-refractivity contribution is 6.29. The van der Waals surface area contributed by atoms with E-state index in [0.29, 0.717) is 17.1 Å². The van der Waals surface area contributed by atoms with Gasteiger partial charge in [0.2, 0.25) is 0 Å². The molecule has 2 atom stereocenters. The van der Waals surface area contributed by atoms with Crippen molar-refractivity contribution >= 4 is 17.4 Å². The number of anilines is 1. The molecular formula is C9H14ClN5. The number of nitrogens with one attached hydrogen (secondary N) is 3. The molecule has 2 rings (SSSR count). The number of hydrazine groups is 1. The summed E-state index contributed by atoms with van der Waals surface area (Å²) in [7, 11) is 0. The Morgan fingerprint density at radius 3 is 3.00 bits per heavy atom. The summed E-state index contributed by atoms with van der Waals surface area (Å²) < 4.78 is 0. The van der Waals surface area contributed by atoms with E-state index in [1.54, 1.807) is 6.07 Å². The molecule has 15 heavy (non-hydrogen) atoms. The second kappa shape index (κ2) is 4.74. The normalized spacial score (nSPS) is 25.5. The topological polar surface area (TPSA) is 61.9 Å². The average molecular weight is 228 g/mol. The van der Waals surface area contributed by atoms with Crippen molar-refractivity contribution in [2.24, 2.45) is 5.92 Å². The molecule has 1 aliphatic heterocycles. The van der Waals surface area contributed by atoms with Gasteiger partial charge in [-0.1, -0.05) is 11.6 Å².